The van der Waals surface area contributed by atoms with Gasteiger partial charge in [0.1, 0.15) is 11.9 Å². The highest BCUT2D eigenvalue weighted by molar-refractivity contribution is 6.35. The Morgan fingerprint density at radius 3 is 2.24 bits per heavy atom. The van der Waals surface area contributed by atoms with Crippen molar-refractivity contribution in [1.82, 2.24) is 14.7 Å². The summed E-state index contributed by atoms with van der Waals surface area (Å²) in [6.07, 6.45) is 3.37. The second kappa shape index (κ2) is 10.8. The summed E-state index contributed by atoms with van der Waals surface area (Å²) in [6, 6.07) is 15.7. The summed E-state index contributed by atoms with van der Waals surface area (Å²) in [5.41, 5.74) is 2.08. The van der Waals surface area contributed by atoms with Crippen LogP contribution >= 0.6 is 0 Å². The Bertz CT molecular complexity index is 1000. The zero-order chi connectivity index (χ0) is 24.1. The maximum absolute atomic E-state index is 13.3. The van der Waals surface area contributed by atoms with Crippen molar-refractivity contribution in [3.8, 4) is 0 Å². The molecule has 3 amide bonds. The maximum Gasteiger partial charge on any atom is 0.312 e. The second-order valence-corrected chi connectivity index (χ2v) is 9.23. The Balaban J connectivity index is 1.33. The van der Waals surface area contributed by atoms with Crippen molar-refractivity contribution in [1.29, 1.82) is 0 Å². The topological polar surface area (TPSA) is 60.9 Å². The van der Waals surface area contributed by atoms with E-state index in [4.69, 9.17) is 0 Å². The van der Waals surface area contributed by atoms with E-state index in [-0.39, 0.29) is 18.3 Å². The normalized spacial score (nSPS) is 18.4. The van der Waals surface area contributed by atoms with Crippen molar-refractivity contribution in [3.05, 3.63) is 71.5 Å². The smallest absolute Gasteiger partial charge is 0.312 e. The van der Waals surface area contributed by atoms with Crippen molar-refractivity contribution in [2.24, 2.45) is 5.92 Å². The summed E-state index contributed by atoms with van der Waals surface area (Å²) >= 11 is 0. The molecule has 0 aliphatic carbocycles. The van der Waals surface area contributed by atoms with E-state index >= 15 is 0 Å². The number of nitrogens with zero attached hydrogens (tertiary/aromatic N) is 3. The molecule has 2 aromatic rings. The number of carbonyl (C=O) groups excluding carboxylic acids is 3. The van der Waals surface area contributed by atoms with Gasteiger partial charge in [-0.3, -0.25) is 14.4 Å². The number of hydrogen-bond donors (Lipinski definition) is 0. The third-order valence-corrected chi connectivity index (χ3v) is 6.97. The monoisotopic (exact) mass is 465 g/mol. The van der Waals surface area contributed by atoms with E-state index in [2.05, 4.69) is 24.3 Å². The quantitative estimate of drug-likeness (QED) is 0.590. The summed E-state index contributed by atoms with van der Waals surface area (Å²) in [7, 11) is 0. The number of carbonyl (C=O) groups is 3. The molecule has 0 saturated carbocycles. The first-order valence-corrected chi connectivity index (χ1v) is 12.1. The molecule has 4 rings (SSSR count). The molecule has 1 atom stereocenters. The van der Waals surface area contributed by atoms with Crippen LogP contribution in [0.25, 0.3) is 0 Å². The van der Waals surface area contributed by atoms with E-state index in [0.717, 1.165) is 24.8 Å². The highest BCUT2D eigenvalue weighted by atomic mass is 19.1. The van der Waals surface area contributed by atoms with Gasteiger partial charge < -0.3 is 14.7 Å². The molecule has 2 aliphatic heterocycles. The predicted molar refractivity (Wildman–Crippen MR) is 127 cm³/mol. The molecule has 0 unspecified atom stereocenters. The Labute approximate surface area is 200 Å². The van der Waals surface area contributed by atoms with Crippen LogP contribution in [0.2, 0.25) is 0 Å². The fraction of sp³-hybridized carbons (Fsp3) is 0.444. The van der Waals surface area contributed by atoms with Crippen LogP contribution in [0.5, 0.6) is 0 Å². The van der Waals surface area contributed by atoms with Gasteiger partial charge in [-0.25, -0.2) is 4.39 Å². The number of hydrogen-bond acceptors (Lipinski definition) is 3. The number of halogens is 1. The molecule has 2 heterocycles. The van der Waals surface area contributed by atoms with Crippen molar-refractivity contribution >= 4 is 17.7 Å². The number of rotatable bonds is 7. The molecule has 2 saturated heterocycles. The van der Waals surface area contributed by atoms with Crippen LogP contribution in [0, 0.1) is 11.7 Å². The molecule has 7 heteroatoms. The largest absolute Gasteiger partial charge is 0.341 e. The van der Waals surface area contributed by atoms with Crippen molar-refractivity contribution in [2.75, 3.05) is 26.2 Å². The Morgan fingerprint density at radius 2 is 1.59 bits per heavy atom. The Hall–Kier alpha value is -3.22. The highest BCUT2D eigenvalue weighted by Gasteiger charge is 2.40. The number of benzene rings is 2. The molecule has 34 heavy (non-hydrogen) atoms. The van der Waals surface area contributed by atoms with E-state index in [9.17, 15) is 18.8 Å². The lowest BCUT2D eigenvalue weighted by Gasteiger charge is -2.40. The van der Waals surface area contributed by atoms with Crippen LogP contribution in [-0.4, -0.2) is 64.6 Å². The van der Waals surface area contributed by atoms with Gasteiger partial charge in [0.25, 0.3) is 0 Å². The number of piperazine rings is 1. The lowest BCUT2D eigenvalue weighted by atomic mass is 9.90. The van der Waals surface area contributed by atoms with Crippen LogP contribution < -0.4 is 0 Å². The Kier molecular flexibility index (Phi) is 7.60. The zero-order valence-electron chi connectivity index (χ0n) is 19.7. The molecule has 2 fully saturated rings. The lowest BCUT2D eigenvalue weighted by Crippen LogP contribution is -2.60. The molecule has 2 aromatic carbocycles. The molecule has 2 aliphatic rings. The summed E-state index contributed by atoms with van der Waals surface area (Å²) in [5, 5.41) is 0. The average molecular weight is 466 g/mol. The predicted octanol–water partition coefficient (Wildman–Crippen LogP) is 3.26. The molecule has 180 valence electrons. The SMILES string of the molecule is CC[C@@H](C(=O)N1CCC(Cc2ccccc2)CC1)N1CCN(Cc2ccc(F)cc2)C(=O)C1=O. The summed E-state index contributed by atoms with van der Waals surface area (Å²) < 4.78 is 13.2. The minimum atomic E-state index is -0.632. The summed E-state index contributed by atoms with van der Waals surface area (Å²) in [6.45, 7) is 4.16. The fourth-order valence-electron chi connectivity index (χ4n) is 4.99. The van der Waals surface area contributed by atoms with Gasteiger partial charge in [-0.1, -0.05) is 49.4 Å². The molecular weight excluding hydrogens is 433 g/mol. The maximum atomic E-state index is 13.3. The lowest BCUT2D eigenvalue weighted by molar-refractivity contribution is -0.161. The fourth-order valence-corrected chi connectivity index (χ4v) is 4.99. The van der Waals surface area contributed by atoms with Gasteiger partial charge in [-0.05, 0) is 54.9 Å². The van der Waals surface area contributed by atoms with E-state index < -0.39 is 17.9 Å². The molecule has 0 bridgehead atoms. The zero-order valence-corrected chi connectivity index (χ0v) is 19.7. The first kappa shape index (κ1) is 23.9. The number of likely N-dealkylation sites (tertiary alicyclic amines) is 1. The van der Waals surface area contributed by atoms with Crippen LogP contribution in [0.1, 0.15) is 37.3 Å². The second-order valence-electron chi connectivity index (χ2n) is 9.23. The van der Waals surface area contributed by atoms with Crippen LogP contribution in [-0.2, 0) is 27.3 Å². The van der Waals surface area contributed by atoms with Crippen molar-refractivity contribution in [2.45, 2.75) is 45.2 Å². The molecule has 0 radical (unpaired) electrons. The van der Waals surface area contributed by atoms with Gasteiger partial charge in [0.05, 0.1) is 0 Å². The van der Waals surface area contributed by atoms with Crippen LogP contribution in [0.3, 0.4) is 0 Å². The van der Waals surface area contributed by atoms with Crippen molar-refractivity contribution in [3.63, 3.8) is 0 Å². The molecule has 0 spiro atoms. The van der Waals surface area contributed by atoms with E-state index in [0.29, 0.717) is 38.5 Å². The van der Waals surface area contributed by atoms with Gasteiger partial charge in [0, 0.05) is 32.7 Å². The third-order valence-electron chi connectivity index (χ3n) is 6.97. The highest BCUT2D eigenvalue weighted by Crippen LogP contribution is 2.24. The molecular formula is C27H32FN3O3. The minimum absolute atomic E-state index is 0.0613. The first-order chi connectivity index (χ1) is 16.5. The third kappa shape index (κ3) is 5.46. The van der Waals surface area contributed by atoms with Crippen LogP contribution in [0.4, 0.5) is 4.39 Å². The molecule has 0 N–H and O–H groups in total. The van der Waals surface area contributed by atoms with Gasteiger partial charge in [-0.2, -0.15) is 0 Å². The van der Waals surface area contributed by atoms with E-state index in [1.54, 1.807) is 12.1 Å². The van der Waals surface area contributed by atoms with E-state index in [1.165, 1.54) is 27.5 Å². The van der Waals surface area contributed by atoms with Crippen molar-refractivity contribution < 1.29 is 18.8 Å². The Morgan fingerprint density at radius 1 is 0.912 bits per heavy atom. The van der Waals surface area contributed by atoms with E-state index in [1.807, 2.05) is 17.9 Å². The standard InChI is InChI=1S/C27H32FN3O3/c1-2-24(25(32)29-14-12-21(13-15-29)18-20-6-4-3-5-7-20)31-17-16-30(26(33)27(31)34)19-22-8-10-23(28)11-9-22/h3-11,21,24H,2,12-19H2,1H3/t24-/m0/s1. The number of piperidine rings is 1. The van der Waals surface area contributed by atoms with Gasteiger partial charge in [0.15, 0.2) is 0 Å². The van der Waals surface area contributed by atoms with Crippen LogP contribution in [0.15, 0.2) is 54.6 Å². The number of amides is 3. The minimum Gasteiger partial charge on any atom is -0.341 e. The molecule has 6 nitrogen and oxygen atoms in total. The van der Waals surface area contributed by atoms with Gasteiger partial charge >= 0.3 is 11.8 Å². The first-order valence-electron chi connectivity index (χ1n) is 12.1. The average Bonchev–Trinajstić information content (AvgIpc) is 2.86. The summed E-state index contributed by atoms with van der Waals surface area (Å²) in [5.74, 6) is -1.10. The van der Waals surface area contributed by atoms with Gasteiger partial charge in [-0.15, -0.1) is 0 Å². The molecule has 0 aromatic heterocycles. The summed E-state index contributed by atoms with van der Waals surface area (Å²) in [4.78, 5) is 43.8. The van der Waals surface area contributed by atoms with Gasteiger partial charge in [0.2, 0.25) is 5.91 Å².